The summed E-state index contributed by atoms with van der Waals surface area (Å²) in [6.07, 6.45) is 1.72. The van der Waals surface area contributed by atoms with Gasteiger partial charge >= 0.3 is 6.03 Å². The van der Waals surface area contributed by atoms with Gasteiger partial charge in [0, 0.05) is 36.7 Å². The predicted molar refractivity (Wildman–Crippen MR) is 122 cm³/mol. The number of anilines is 1. The minimum absolute atomic E-state index is 0.0514. The van der Waals surface area contributed by atoms with E-state index in [-0.39, 0.29) is 12.1 Å². The molecule has 0 radical (unpaired) electrons. The largest absolute Gasteiger partial charge is 0.368 e. The van der Waals surface area contributed by atoms with E-state index in [1.54, 1.807) is 0 Å². The van der Waals surface area contributed by atoms with E-state index in [1.807, 2.05) is 23.1 Å². The van der Waals surface area contributed by atoms with Gasteiger partial charge in [0.2, 0.25) is 0 Å². The van der Waals surface area contributed by atoms with Crippen LogP contribution in [0.15, 0.2) is 48.5 Å². The number of nitrogens with zero attached hydrogens (tertiary/aromatic N) is 4. The molecule has 1 aromatic heterocycles. The SMILES string of the molecule is CCc1nn(C(C)C)c2cc(N3CCN(C(N)=O)C(Cc4ccccc4)C3)ccc12. The average Bonchev–Trinajstić information content (AvgIpc) is 3.12. The molecule has 1 fully saturated rings. The van der Waals surface area contributed by atoms with E-state index in [9.17, 15) is 4.79 Å². The van der Waals surface area contributed by atoms with E-state index >= 15 is 0 Å². The molecule has 2 amide bonds. The Morgan fingerprint density at radius 2 is 1.93 bits per heavy atom. The first-order valence-electron chi connectivity index (χ1n) is 10.8. The molecule has 4 rings (SSSR count). The topological polar surface area (TPSA) is 67.4 Å². The van der Waals surface area contributed by atoms with E-state index in [0.717, 1.165) is 31.6 Å². The quantitative estimate of drug-likeness (QED) is 0.698. The molecule has 6 heteroatoms. The Labute approximate surface area is 178 Å². The number of benzene rings is 2. The van der Waals surface area contributed by atoms with E-state index in [2.05, 4.69) is 60.7 Å². The number of primary amides is 1. The summed E-state index contributed by atoms with van der Waals surface area (Å²) in [5.41, 5.74) is 10.4. The van der Waals surface area contributed by atoms with Crippen LogP contribution >= 0.6 is 0 Å². The van der Waals surface area contributed by atoms with Crippen molar-refractivity contribution >= 4 is 22.6 Å². The standard InChI is InChI=1S/C24H31N5O/c1-4-22-21-11-10-19(15-23(21)29(26-22)17(2)3)27-12-13-28(24(25)30)20(16-27)14-18-8-6-5-7-9-18/h5-11,15,17,20H,4,12-14,16H2,1-3H3,(H2,25,30). The lowest BCUT2D eigenvalue weighted by Crippen LogP contribution is -2.57. The summed E-state index contributed by atoms with van der Waals surface area (Å²) in [4.78, 5) is 16.2. The van der Waals surface area contributed by atoms with Crippen molar-refractivity contribution in [2.24, 2.45) is 5.73 Å². The Morgan fingerprint density at radius 3 is 2.60 bits per heavy atom. The maximum absolute atomic E-state index is 12.0. The summed E-state index contributed by atoms with van der Waals surface area (Å²) in [6.45, 7) is 8.65. The fourth-order valence-electron chi connectivity index (χ4n) is 4.48. The molecule has 0 aliphatic carbocycles. The summed E-state index contributed by atoms with van der Waals surface area (Å²) in [6, 6.07) is 17.0. The van der Waals surface area contributed by atoms with Crippen molar-refractivity contribution < 1.29 is 4.79 Å². The summed E-state index contributed by atoms with van der Waals surface area (Å²) >= 11 is 0. The Bertz CT molecular complexity index is 1030. The fourth-order valence-corrected chi connectivity index (χ4v) is 4.48. The van der Waals surface area contributed by atoms with Crippen LogP contribution in [0.4, 0.5) is 10.5 Å². The van der Waals surface area contributed by atoms with Crippen LogP contribution in [0.2, 0.25) is 0 Å². The molecule has 1 saturated heterocycles. The average molecular weight is 406 g/mol. The molecule has 30 heavy (non-hydrogen) atoms. The molecule has 0 spiro atoms. The molecule has 158 valence electrons. The number of carbonyl (C=O) groups excluding carboxylic acids is 1. The molecular formula is C24H31N5O. The summed E-state index contributed by atoms with van der Waals surface area (Å²) in [5.74, 6) is 0. The van der Waals surface area contributed by atoms with Crippen LogP contribution in [0.1, 0.15) is 38.1 Å². The molecule has 0 saturated carbocycles. The minimum Gasteiger partial charge on any atom is -0.368 e. The summed E-state index contributed by atoms with van der Waals surface area (Å²) < 4.78 is 2.12. The zero-order chi connectivity index (χ0) is 21.3. The number of aromatic nitrogens is 2. The minimum atomic E-state index is -0.337. The molecular weight excluding hydrogens is 374 g/mol. The van der Waals surface area contributed by atoms with Gasteiger partial charge in [0.15, 0.2) is 0 Å². The van der Waals surface area contributed by atoms with Gasteiger partial charge < -0.3 is 15.5 Å². The Morgan fingerprint density at radius 1 is 1.17 bits per heavy atom. The number of amides is 2. The second-order valence-electron chi connectivity index (χ2n) is 8.36. The highest BCUT2D eigenvalue weighted by molar-refractivity contribution is 5.85. The summed E-state index contributed by atoms with van der Waals surface area (Å²) in [7, 11) is 0. The highest BCUT2D eigenvalue weighted by Crippen LogP contribution is 2.29. The van der Waals surface area contributed by atoms with Crippen molar-refractivity contribution in [2.45, 2.75) is 45.7 Å². The van der Waals surface area contributed by atoms with Crippen molar-refractivity contribution in [3.05, 3.63) is 59.8 Å². The Balaban J connectivity index is 1.64. The van der Waals surface area contributed by atoms with Crippen molar-refractivity contribution in [3.63, 3.8) is 0 Å². The van der Waals surface area contributed by atoms with Gasteiger partial charge in [0.25, 0.3) is 0 Å². The summed E-state index contributed by atoms with van der Waals surface area (Å²) in [5, 5.41) is 6.06. The number of piperazine rings is 1. The van der Waals surface area contributed by atoms with Crippen LogP contribution in [0.5, 0.6) is 0 Å². The number of rotatable bonds is 5. The second kappa shape index (κ2) is 8.38. The zero-order valence-corrected chi connectivity index (χ0v) is 18.1. The fraction of sp³-hybridized carbons (Fsp3) is 0.417. The highest BCUT2D eigenvalue weighted by atomic mass is 16.2. The van der Waals surface area contributed by atoms with Crippen LogP contribution in [0.25, 0.3) is 10.9 Å². The monoisotopic (exact) mass is 405 g/mol. The van der Waals surface area contributed by atoms with Crippen molar-refractivity contribution in [3.8, 4) is 0 Å². The third kappa shape index (κ3) is 3.86. The molecule has 2 heterocycles. The number of urea groups is 1. The van der Waals surface area contributed by atoms with E-state index in [1.165, 1.54) is 22.2 Å². The van der Waals surface area contributed by atoms with Crippen LogP contribution in [0, 0.1) is 0 Å². The smallest absolute Gasteiger partial charge is 0.315 e. The van der Waals surface area contributed by atoms with Gasteiger partial charge in [0.1, 0.15) is 0 Å². The maximum Gasteiger partial charge on any atom is 0.315 e. The Kier molecular flexibility index (Phi) is 5.66. The van der Waals surface area contributed by atoms with Gasteiger partial charge in [-0.05, 0) is 50.5 Å². The first-order chi connectivity index (χ1) is 14.5. The normalized spacial score (nSPS) is 17.1. The second-order valence-corrected chi connectivity index (χ2v) is 8.36. The van der Waals surface area contributed by atoms with Crippen molar-refractivity contribution in [2.75, 3.05) is 24.5 Å². The van der Waals surface area contributed by atoms with Crippen LogP contribution in [-0.2, 0) is 12.8 Å². The molecule has 3 aromatic rings. The van der Waals surface area contributed by atoms with Gasteiger partial charge in [-0.1, -0.05) is 37.3 Å². The van der Waals surface area contributed by atoms with Gasteiger partial charge in [-0.15, -0.1) is 0 Å². The van der Waals surface area contributed by atoms with E-state index in [0.29, 0.717) is 12.6 Å². The highest BCUT2D eigenvalue weighted by Gasteiger charge is 2.30. The zero-order valence-electron chi connectivity index (χ0n) is 18.1. The Hall–Kier alpha value is -3.02. The molecule has 1 unspecified atom stereocenters. The first kappa shape index (κ1) is 20.3. The lowest BCUT2D eigenvalue weighted by atomic mass is 10.0. The number of hydrogen-bond acceptors (Lipinski definition) is 3. The molecule has 6 nitrogen and oxygen atoms in total. The van der Waals surface area contributed by atoms with E-state index in [4.69, 9.17) is 10.8 Å². The lowest BCUT2D eigenvalue weighted by molar-refractivity contribution is 0.174. The van der Waals surface area contributed by atoms with Gasteiger partial charge in [0.05, 0.1) is 17.3 Å². The van der Waals surface area contributed by atoms with Crippen LogP contribution < -0.4 is 10.6 Å². The molecule has 2 aromatic carbocycles. The molecule has 1 aliphatic heterocycles. The molecule has 2 N–H and O–H groups in total. The number of carbonyl (C=O) groups is 1. The first-order valence-corrected chi connectivity index (χ1v) is 10.8. The number of fused-ring (bicyclic) bond motifs is 1. The number of hydrogen-bond donors (Lipinski definition) is 1. The third-order valence-corrected chi connectivity index (χ3v) is 6.04. The van der Waals surface area contributed by atoms with Crippen molar-refractivity contribution in [1.29, 1.82) is 0 Å². The molecule has 0 bridgehead atoms. The van der Waals surface area contributed by atoms with Gasteiger partial charge in [-0.25, -0.2) is 4.79 Å². The van der Waals surface area contributed by atoms with Gasteiger partial charge in [-0.3, -0.25) is 4.68 Å². The van der Waals surface area contributed by atoms with Crippen LogP contribution in [0.3, 0.4) is 0 Å². The van der Waals surface area contributed by atoms with Crippen LogP contribution in [-0.4, -0.2) is 46.4 Å². The number of aryl methyl sites for hydroxylation is 1. The maximum atomic E-state index is 12.0. The molecule has 1 aliphatic rings. The van der Waals surface area contributed by atoms with Crippen molar-refractivity contribution in [1.82, 2.24) is 14.7 Å². The number of nitrogens with two attached hydrogens (primary N) is 1. The van der Waals surface area contributed by atoms with E-state index < -0.39 is 0 Å². The lowest BCUT2D eigenvalue weighted by Gasteiger charge is -2.42. The van der Waals surface area contributed by atoms with Gasteiger partial charge in [-0.2, -0.15) is 5.10 Å². The third-order valence-electron chi connectivity index (χ3n) is 6.04. The molecule has 1 atom stereocenters. The predicted octanol–water partition coefficient (Wildman–Crippen LogP) is 3.99.